The number of aromatic nitrogens is 1. The summed E-state index contributed by atoms with van der Waals surface area (Å²) in [6.45, 7) is 6.69. The summed E-state index contributed by atoms with van der Waals surface area (Å²) in [5, 5.41) is 9.52. The number of hydrogen-bond donors (Lipinski definition) is 0. The first-order valence-corrected chi connectivity index (χ1v) is 10.6. The van der Waals surface area contributed by atoms with Crippen molar-refractivity contribution < 1.29 is 13.5 Å². The number of ether oxygens (including phenoxy) is 1. The number of fused-ring (bicyclic) bond motifs is 1. The monoisotopic (exact) mass is 454 g/mol. The standard InChI is InChI=1S/C25H28F2N4O2/c1-6-8-20(14-29-5)31-24-15-33-16(3)9-19(26)13-30-12-18(24)10-21(25(31)32)17(4)22(11-28)23(27)7-2/h7-10,13-14,16H,6,12,15H2,1-5H3/b19-9+,20-8+,22-17+,23-7+,29-14?,30-13?. The topological polar surface area (TPSA) is 79.7 Å². The van der Waals surface area contributed by atoms with Crippen molar-refractivity contribution in [3.8, 4) is 6.07 Å². The maximum Gasteiger partial charge on any atom is 0.263 e. The summed E-state index contributed by atoms with van der Waals surface area (Å²) < 4.78 is 35.6. The molecule has 0 saturated carbocycles. The van der Waals surface area contributed by atoms with Gasteiger partial charge in [-0.25, -0.2) is 8.78 Å². The zero-order valence-corrected chi connectivity index (χ0v) is 19.5. The Labute approximate surface area is 192 Å². The third-order valence-corrected chi connectivity index (χ3v) is 5.06. The molecule has 0 amide bonds. The predicted molar refractivity (Wildman–Crippen MR) is 128 cm³/mol. The van der Waals surface area contributed by atoms with E-state index in [1.54, 1.807) is 26.3 Å². The Morgan fingerprint density at radius 1 is 1.48 bits per heavy atom. The third kappa shape index (κ3) is 6.08. The molecule has 1 aromatic rings. The Kier molecular flexibility index (Phi) is 9.37. The summed E-state index contributed by atoms with van der Waals surface area (Å²) in [6.07, 6.45) is 7.03. The maximum absolute atomic E-state index is 14.4. The fourth-order valence-corrected chi connectivity index (χ4v) is 3.44. The molecule has 0 radical (unpaired) electrons. The van der Waals surface area contributed by atoms with Crippen LogP contribution in [0.15, 0.2) is 56.3 Å². The van der Waals surface area contributed by atoms with Crippen LogP contribution in [0.5, 0.6) is 0 Å². The van der Waals surface area contributed by atoms with E-state index in [0.29, 0.717) is 23.4 Å². The van der Waals surface area contributed by atoms with Gasteiger partial charge in [-0.1, -0.05) is 19.1 Å². The van der Waals surface area contributed by atoms with E-state index in [9.17, 15) is 18.8 Å². The average Bonchev–Trinajstić information content (AvgIpc) is 2.78. The van der Waals surface area contributed by atoms with Crippen molar-refractivity contribution in [1.29, 1.82) is 5.26 Å². The first-order valence-electron chi connectivity index (χ1n) is 10.6. The van der Waals surface area contributed by atoms with Gasteiger partial charge in [0, 0.05) is 18.8 Å². The van der Waals surface area contributed by atoms with E-state index >= 15 is 0 Å². The van der Waals surface area contributed by atoms with Gasteiger partial charge in [-0.15, -0.1) is 0 Å². The Balaban J connectivity index is 2.97. The molecule has 174 valence electrons. The Morgan fingerprint density at radius 2 is 2.21 bits per heavy atom. The summed E-state index contributed by atoms with van der Waals surface area (Å²) in [5.74, 6) is -1.25. The lowest BCUT2D eigenvalue weighted by molar-refractivity contribution is 0.0790. The second kappa shape index (κ2) is 12.0. The van der Waals surface area contributed by atoms with Crippen molar-refractivity contribution >= 4 is 23.7 Å². The van der Waals surface area contributed by atoms with Crippen LogP contribution >= 0.6 is 0 Å². The van der Waals surface area contributed by atoms with Crippen molar-refractivity contribution in [3.63, 3.8) is 0 Å². The molecule has 0 spiro atoms. The zero-order chi connectivity index (χ0) is 24.5. The van der Waals surface area contributed by atoms with E-state index in [-0.39, 0.29) is 29.9 Å². The molecule has 0 aromatic carbocycles. The first kappa shape index (κ1) is 25.8. The maximum atomic E-state index is 14.4. The van der Waals surface area contributed by atoms with E-state index in [1.807, 2.05) is 19.1 Å². The highest BCUT2D eigenvalue weighted by Gasteiger charge is 2.21. The quantitative estimate of drug-likeness (QED) is 0.343. The van der Waals surface area contributed by atoms with Gasteiger partial charge < -0.3 is 4.74 Å². The number of rotatable bonds is 5. The van der Waals surface area contributed by atoms with E-state index < -0.39 is 23.3 Å². The lowest BCUT2D eigenvalue weighted by Crippen LogP contribution is -2.29. The molecule has 0 fully saturated rings. The van der Waals surface area contributed by atoms with Crippen LogP contribution in [0, 0.1) is 11.3 Å². The van der Waals surface area contributed by atoms with Crippen LogP contribution in [0.4, 0.5) is 8.78 Å². The van der Waals surface area contributed by atoms with Crippen molar-refractivity contribution in [2.75, 3.05) is 7.05 Å². The molecular formula is C25H28F2N4O2. The molecule has 1 aliphatic heterocycles. The van der Waals surface area contributed by atoms with Crippen LogP contribution < -0.4 is 5.56 Å². The van der Waals surface area contributed by atoms with Gasteiger partial charge in [-0.2, -0.15) is 5.26 Å². The third-order valence-electron chi connectivity index (χ3n) is 5.06. The fourth-order valence-electron chi connectivity index (χ4n) is 3.44. The molecule has 33 heavy (non-hydrogen) atoms. The second-order valence-corrected chi connectivity index (χ2v) is 7.38. The van der Waals surface area contributed by atoms with Crippen LogP contribution in [0.3, 0.4) is 0 Å². The Hall–Kier alpha value is -3.44. The number of nitriles is 1. The van der Waals surface area contributed by atoms with Gasteiger partial charge in [0.2, 0.25) is 0 Å². The number of nitrogens with zero attached hydrogens (tertiary/aromatic N) is 4. The fraction of sp³-hybridized carbons (Fsp3) is 0.360. The largest absolute Gasteiger partial charge is 0.368 e. The molecule has 0 bridgehead atoms. The number of halogens is 2. The van der Waals surface area contributed by atoms with E-state index in [0.717, 1.165) is 6.21 Å². The van der Waals surface area contributed by atoms with Crippen LogP contribution in [0.25, 0.3) is 11.3 Å². The average molecular weight is 455 g/mol. The molecule has 0 saturated heterocycles. The number of hydrogen-bond acceptors (Lipinski definition) is 5. The first-order chi connectivity index (χ1) is 15.8. The number of aliphatic imine (C=N–C) groups is 2. The molecule has 1 aliphatic rings. The molecule has 8 heteroatoms. The van der Waals surface area contributed by atoms with Gasteiger partial charge in [0.05, 0.1) is 42.4 Å². The van der Waals surface area contributed by atoms with Gasteiger partial charge in [-0.05, 0) is 50.5 Å². The summed E-state index contributed by atoms with van der Waals surface area (Å²) in [4.78, 5) is 21.9. The Morgan fingerprint density at radius 3 is 2.82 bits per heavy atom. The summed E-state index contributed by atoms with van der Waals surface area (Å²) in [7, 11) is 1.59. The highest BCUT2D eigenvalue weighted by molar-refractivity contribution is 6.02. The molecular weight excluding hydrogens is 426 g/mol. The molecule has 0 N–H and O–H groups in total. The molecule has 2 rings (SSSR count). The van der Waals surface area contributed by atoms with E-state index in [4.69, 9.17) is 4.74 Å². The van der Waals surface area contributed by atoms with Gasteiger partial charge in [0.1, 0.15) is 17.7 Å². The van der Waals surface area contributed by atoms with Crippen LogP contribution in [-0.4, -0.2) is 30.1 Å². The Bertz CT molecular complexity index is 1180. The normalized spacial score (nSPS) is 20.1. The molecule has 1 unspecified atom stereocenters. The smallest absolute Gasteiger partial charge is 0.263 e. The van der Waals surface area contributed by atoms with Gasteiger partial charge >= 0.3 is 0 Å². The summed E-state index contributed by atoms with van der Waals surface area (Å²) >= 11 is 0. The number of allylic oxidation sites excluding steroid dienone is 7. The van der Waals surface area contributed by atoms with Crippen molar-refractivity contribution in [1.82, 2.24) is 4.57 Å². The van der Waals surface area contributed by atoms with E-state index in [2.05, 4.69) is 9.98 Å². The minimum Gasteiger partial charge on any atom is -0.368 e. The van der Waals surface area contributed by atoms with Crippen LogP contribution in [-0.2, 0) is 17.9 Å². The minimum atomic E-state index is -0.720. The molecule has 0 aliphatic carbocycles. The van der Waals surface area contributed by atoms with Crippen molar-refractivity contribution in [2.24, 2.45) is 9.98 Å². The van der Waals surface area contributed by atoms with Crippen LogP contribution in [0.1, 0.15) is 50.9 Å². The lowest BCUT2D eigenvalue weighted by atomic mass is 9.99. The number of pyridine rings is 1. The summed E-state index contributed by atoms with van der Waals surface area (Å²) in [6, 6.07) is 3.42. The second-order valence-electron chi connectivity index (χ2n) is 7.38. The SMILES string of the molecule is C/C=C(F)\C(C#N)=C(/C)c1cc2c(n(/C(C=NC)=C/CC)c1=O)COC(C)/C=C(/F)C=NC2. The van der Waals surface area contributed by atoms with Crippen molar-refractivity contribution in [3.05, 3.63) is 68.7 Å². The van der Waals surface area contributed by atoms with E-state index in [1.165, 1.54) is 30.6 Å². The zero-order valence-electron chi connectivity index (χ0n) is 19.5. The predicted octanol–water partition coefficient (Wildman–Crippen LogP) is 5.31. The molecule has 1 aromatic heterocycles. The minimum absolute atomic E-state index is 0.0149. The van der Waals surface area contributed by atoms with Crippen molar-refractivity contribution in [2.45, 2.75) is 53.4 Å². The van der Waals surface area contributed by atoms with Crippen LogP contribution in [0.2, 0.25) is 0 Å². The lowest BCUT2D eigenvalue weighted by Gasteiger charge is -2.21. The molecule has 6 nitrogen and oxygen atoms in total. The van der Waals surface area contributed by atoms with Gasteiger partial charge in [-0.3, -0.25) is 19.3 Å². The van der Waals surface area contributed by atoms with Gasteiger partial charge in [0.25, 0.3) is 5.56 Å². The highest BCUT2D eigenvalue weighted by Crippen LogP contribution is 2.26. The summed E-state index contributed by atoms with van der Waals surface area (Å²) in [5.41, 5.74) is 1.30. The van der Waals surface area contributed by atoms with Gasteiger partial charge in [0.15, 0.2) is 0 Å². The molecule has 1 atom stereocenters. The molecule has 2 heterocycles. The highest BCUT2D eigenvalue weighted by atomic mass is 19.1.